The number of hydrogen-bond donors (Lipinski definition) is 0. The van der Waals surface area contributed by atoms with Crippen molar-refractivity contribution < 1.29 is 14.4 Å². The van der Waals surface area contributed by atoms with E-state index in [0.717, 1.165) is 66.7 Å². The first-order valence-electron chi connectivity index (χ1n) is 11.0. The normalized spacial score (nSPS) is 20.4. The topological polar surface area (TPSA) is 51.1 Å². The van der Waals surface area contributed by atoms with Crippen molar-refractivity contribution in [2.24, 2.45) is 5.16 Å². The van der Waals surface area contributed by atoms with Gasteiger partial charge in [-0.05, 0) is 53.1 Å². The number of hydrogen-bond acceptors (Lipinski definition) is 5. The molecule has 162 valence electrons. The van der Waals surface area contributed by atoms with Crippen molar-refractivity contribution >= 4 is 23.8 Å². The third-order valence-electron chi connectivity index (χ3n) is 6.65. The maximum atomic E-state index is 10.3. The van der Waals surface area contributed by atoms with Crippen LogP contribution in [0.4, 0.5) is 0 Å². The van der Waals surface area contributed by atoms with Crippen LogP contribution in [-0.4, -0.2) is 35.8 Å². The molecule has 5 nitrogen and oxygen atoms in total. The summed E-state index contributed by atoms with van der Waals surface area (Å²) in [6, 6.07) is 14.6. The zero-order valence-corrected chi connectivity index (χ0v) is 18.3. The van der Waals surface area contributed by atoms with Crippen LogP contribution in [0.2, 0.25) is 5.02 Å². The predicted molar refractivity (Wildman–Crippen MR) is 120 cm³/mol. The minimum absolute atomic E-state index is 0.182. The number of carbonyl (C=O) groups is 1. The van der Waals surface area contributed by atoms with E-state index >= 15 is 0 Å². The fourth-order valence-corrected chi connectivity index (χ4v) is 4.93. The van der Waals surface area contributed by atoms with Crippen molar-refractivity contribution in [3.8, 4) is 0 Å². The largest absolute Gasteiger partial charge is 0.463 e. The lowest BCUT2D eigenvalue weighted by Crippen LogP contribution is -2.44. The number of piperidine rings is 1. The highest BCUT2D eigenvalue weighted by atomic mass is 35.5. The number of carbonyl (C=O) groups excluding carboxylic acids is 1. The van der Waals surface area contributed by atoms with Gasteiger partial charge in [0.25, 0.3) is 6.47 Å². The smallest absolute Gasteiger partial charge is 0.293 e. The number of likely N-dealkylation sites (tertiary alicyclic amines) is 1. The Morgan fingerprint density at radius 2 is 1.90 bits per heavy atom. The van der Waals surface area contributed by atoms with Crippen molar-refractivity contribution in [2.45, 2.75) is 56.8 Å². The molecule has 1 saturated heterocycles. The highest BCUT2D eigenvalue weighted by Crippen LogP contribution is 2.41. The van der Waals surface area contributed by atoms with E-state index in [1.165, 1.54) is 24.0 Å². The van der Waals surface area contributed by atoms with Crippen molar-refractivity contribution in [1.82, 2.24) is 4.90 Å². The van der Waals surface area contributed by atoms with Gasteiger partial charge in [0, 0.05) is 43.9 Å². The maximum absolute atomic E-state index is 10.3. The van der Waals surface area contributed by atoms with E-state index in [0.29, 0.717) is 13.1 Å². The standard InChI is InChI=1S/C25H27ClN2O3/c26-23-12-19(11-22(13-23)20-5-6-20)15-28-9-7-25(8-10-28)14-24(27-31-25)21-3-1-18(2-4-21)16-30-17-29/h1-4,11-13,17,20H,5-10,14-16H2. The molecule has 0 unspecified atom stereocenters. The molecule has 0 atom stereocenters. The number of halogens is 1. The summed E-state index contributed by atoms with van der Waals surface area (Å²) in [7, 11) is 0. The van der Waals surface area contributed by atoms with Crippen LogP contribution >= 0.6 is 11.6 Å². The SMILES string of the molecule is O=COCc1ccc(C2=NOC3(CCN(Cc4cc(Cl)cc(C5CC5)c4)CC3)C2)cc1. The summed E-state index contributed by atoms with van der Waals surface area (Å²) in [4.78, 5) is 18.8. The van der Waals surface area contributed by atoms with Gasteiger partial charge in [-0.2, -0.15) is 0 Å². The molecular weight excluding hydrogens is 412 g/mol. The van der Waals surface area contributed by atoms with Crippen LogP contribution in [0.25, 0.3) is 0 Å². The van der Waals surface area contributed by atoms with Crippen molar-refractivity contribution in [1.29, 1.82) is 0 Å². The lowest BCUT2D eigenvalue weighted by molar-refractivity contribution is -0.129. The molecule has 2 aromatic rings. The summed E-state index contributed by atoms with van der Waals surface area (Å²) in [5.41, 5.74) is 5.56. The van der Waals surface area contributed by atoms with Crippen LogP contribution in [-0.2, 0) is 27.5 Å². The van der Waals surface area contributed by atoms with Crippen LogP contribution in [0, 0.1) is 0 Å². The Hall–Kier alpha value is -2.37. The number of ether oxygens (including phenoxy) is 1. The average Bonchev–Trinajstić information content (AvgIpc) is 3.56. The first-order valence-corrected chi connectivity index (χ1v) is 11.4. The zero-order chi connectivity index (χ0) is 21.3. The summed E-state index contributed by atoms with van der Waals surface area (Å²) in [5, 5.41) is 5.28. The fraction of sp³-hybridized carbons (Fsp3) is 0.440. The van der Waals surface area contributed by atoms with Gasteiger partial charge >= 0.3 is 0 Å². The van der Waals surface area contributed by atoms with E-state index in [9.17, 15) is 4.79 Å². The molecule has 0 N–H and O–H groups in total. The van der Waals surface area contributed by atoms with Gasteiger partial charge < -0.3 is 9.57 Å². The van der Waals surface area contributed by atoms with E-state index in [1.54, 1.807) is 0 Å². The average molecular weight is 439 g/mol. The maximum Gasteiger partial charge on any atom is 0.293 e. The van der Waals surface area contributed by atoms with Gasteiger partial charge in [-0.1, -0.05) is 47.1 Å². The van der Waals surface area contributed by atoms with Crippen molar-refractivity contribution in [3.05, 3.63) is 69.7 Å². The molecule has 2 heterocycles. The van der Waals surface area contributed by atoms with Gasteiger partial charge in [0.05, 0.1) is 5.71 Å². The van der Waals surface area contributed by atoms with E-state index in [2.05, 4.69) is 28.3 Å². The molecule has 1 aliphatic carbocycles. The van der Waals surface area contributed by atoms with Crippen LogP contribution in [0.5, 0.6) is 0 Å². The number of nitrogens with zero attached hydrogens (tertiary/aromatic N) is 2. The minimum atomic E-state index is -0.182. The Kier molecular flexibility index (Phi) is 5.72. The Labute approximate surface area is 188 Å². The molecule has 2 aliphatic heterocycles. The molecule has 0 aromatic heterocycles. The van der Waals surface area contributed by atoms with Gasteiger partial charge in [-0.25, -0.2) is 0 Å². The molecule has 2 fully saturated rings. The summed E-state index contributed by atoms with van der Waals surface area (Å²) in [6.07, 6.45) is 5.37. The van der Waals surface area contributed by atoms with Gasteiger partial charge in [0.2, 0.25) is 0 Å². The molecule has 3 aliphatic rings. The third-order valence-corrected chi connectivity index (χ3v) is 6.86. The minimum Gasteiger partial charge on any atom is -0.463 e. The van der Waals surface area contributed by atoms with E-state index < -0.39 is 0 Å². The molecule has 6 heteroatoms. The number of oxime groups is 1. The van der Waals surface area contributed by atoms with E-state index in [4.69, 9.17) is 21.2 Å². The predicted octanol–water partition coefficient (Wildman–Crippen LogP) is 5.05. The molecule has 0 bridgehead atoms. The van der Waals surface area contributed by atoms with E-state index in [-0.39, 0.29) is 5.60 Å². The third kappa shape index (κ3) is 4.78. The Morgan fingerprint density at radius 1 is 1.13 bits per heavy atom. The van der Waals surface area contributed by atoms with E-state index in [1.807, 2.05) is 24.3 Å². The summed E-state index contributed by atoms with van der Waals surface area (Å²) in [6.45, 7) is 3.69. The highest BCUT2D eigenvalue weighted by Gasteiger charge is 2.42. The fourth-order valence-electron chi connectivity index (χ4n) is 4.66. The Bertz CT molecular complexity index is 977. The van der Waals surface area contributed by atoms with Crippen LogP contribution in [0.1, 0.15) is 60.3 Å². The van der Waals surface area contributed by atoms with Crippen LogP contribution in [0.15, 0.2) is 47.6 Å². The molecule has 2 aromatic carbocycles. The van der Waals surface area contributed by atoms with Crippen LogP contribution < -0.4 is 0 Å². The Morgan fingerprint density at radius 3 is 2.61 bits per heavy atom. The zero-order valence-electron chi connectivity index (χ0n) is 17.6. The lowest BCUT2D eigenvalue weighted by atomic mass is 9.85. The molecule has 0 amide bonds. The molecule has 1 spiro atoms. The van der Waals surface area contributed by atoms with Crippen molar-refractivity contribution in [3.63, 3.8) is 0 Å². The van der Waals surface area contributed by atoms with Gasteiger partial charge in [0.1, 0.15) is 12.2 Å². The first-order chi connectivity index (χ1) is 15.1. The summed E-state index contributed by atoms with van der Waals surface area (Å²) in [5.74, 6) is 0.719. The lowest BCUT2D eigenvalue weighted by Gasteiger charge is -2.37. The van der Waals surface area contributed by atoms with Gasteiger partial charge in [0.15, 0.2) is 0 Å². The van der Waals surface area contributed by atoms with Gasteiger partial charge in [-0.3, -0.25) is 9.69 Å². The molecule has 31 heavy (non-hydrogen) atoms. The molecule has 1 saturated carbocycles. The quantitative estimate of drug-likeness (QED) is 0.567. The monoisotopic (exact) mass is 438 g/mol. The van der Waals surface area contributed by atoms with Crippen molar-refractivity contribution in [2.75, 3.05) is 13.1 Å². The number of benzene rings is 2. The summed E-state index contributed by atoms with van der Waals surface area (Å²) < 4.78 is 4.81. The molecule has 5 rings (SSSR count). The second-order valence-electron chi connectivity index (χ2n) is 9.04. The Balaban J connectivity index is 1.16. The number of rotatable bonds is 7. The second kappa shape index (κ2) is 8.64. The molecular formula is C25H27ClN2O3. The van der Waals surface area contributed by atoms with Crippen LogP contribution in [0.3, 0.4) is 0 Å². The summed E-state index contributed by atoms with van der Waals surface area (Å²) >= 11 is 6.37. The first kappa shape index (κ1) is 20.5. The highest BCUT2D eigenvalue weighted by molar-refractivity contribution is 6.30. The second-order valence-corrected chi connectivity index (χ2v) is 9.47. The molecule has 0 radical (unpaired) electrons. The van der Waals surface area contributed by atoms with Gasteiger partial charge in [-0.15, -0.1) is 0 Å².